The van der Waals surface area contributed by atoms with Crippen molar-refractivity contribution in [1.29, 1.82) is 0 Å². The molecular weight excluding hydrogens is 398 g/mol. The Kier molecular flexibility index (Phi) is 5.38. The first kappa shape index (κ1) is 19.9. The standard InChI is InChI=1S/C27H25N3O2/c1-20-12-14-22(15-13-20)28-27(31)30-18-17-29-16-6-11-25(29)26(30)21-7-5-10-24(19-21)32-23-8-3-2-4-9-23/h2-16,19,26H,17-18H2,1H3,(H,28,31). The van der Waals surface area contributed by atoms with Crippen LogP contribution in [0.3, 0.4) is 0 Å². The van der Waals surface area contributed by atoms with E-state index in [4.69, 9.17) is 4.74 Å². The second-order valence-corrected chi connectivity index (χ2v) is 8.01. The predicted octanol–water partition coefficient (Wildman–Crippen LogP) is 6.23. The molecule has 1 unspecified atom stereocenters. The lowest BCUT2D eigenvalue weighted by atomic mass is 10.00. The third kappa shape index (κ3) is 4.10. The van der Waals surface area contributed by atoms with Gasteiger partial charge in [0.1, 0.15) is 11.5 Å². The lowest BCUT2D eigenvalue weighted by Crippen LogP contribution is -2.44. The van der Waals surface area contributed by atoms with E-state index in [0.717, 1.165) is 40.6 Å². The number of ether oxygens (including phenoxy) is 1. The van der Waals surface area contributed by atoms with Crippen molar-refractivity contribution in [2.24, 2.45) is 0 Å². The fourth-order valence-electron chi connectivity index (χ4n) is 4.16. The Morgan fingerprint density at radius 3 is 2.47 bits per heavy atom. The van der Waals surface area contributed by atoms with Crippen LogP contribution >= 0.6 is 0 Å². The summed E-state index contributed by atoms with van der Waals surface area (Å²) in [4.78, 5) is 15.2. The molecule has 0 saturated carbocycles. The molecule has 1 aliphatic heterocycles. The molecular formula is C27H25N3O2. The van der Waals surface area contributed by atoms with Crippen LogP contribution in [0.4, 0.5) is 10.5 Å². The second kappa shape index (κ2) is 8.63. The highest BCUT2D eigenvalue weighted by atomic mass is 16.5. The summed E-state index contributed by atoms with van der Waals surface area (Å²) in [5, 5.41) is 3.06. The van der Waals surface area contributed by atoms with Crippen LogP contribution in [0.1, 0.15) is 22.9 Å². The molecule has 2 heterocycles. The molecule has 0 spiro atoms. The second-order valence-electron chi connectivity index (χ2n) is 8.01. The van der Waals surface area contributed by atoms with Crippen LogP contribution in [0.15, 0.2) is 97.2 Å². The third-order valence-electron chi connectivity index (χ3n) is 5.75. The summed E-state index contributed by atoms with van der Waals surface area (Å²) in [5.74, 6) is 1.53. The number of carbonyl (C=O) groups excluding carboxylic acids is 1. The molecule has 1 aliphatic rings. The summed E-state index contributed by atoms with van der Waals surface area (Å²) >= 11 is 0. The van der Waals surface area contributed by atoms with Crippen molar-refractivity contribution in [3.8, 4) is 11.5 Å². The molecule has 2 amide bonds. The number of aromatic nitrogens is 1. The van der Waals surface area contributed by atoms with Crippen molar-refractivity contribution in [3.05, 3.63) is 114 Å². The number of carbonyl (C=O) groups is 1. The number of rotatable bonds is 4. The van der Waals surface area contributed by atoms with Crippen molar-refractivity contribution < 1.29 is 9.53 Å². The van der Waals surface area contributed by atoms with Crippen molar-refractivity contribution in [1.82, 2.24) is 9.47 Å². The number of nitrogens with one attached hydrogen (secondary N) is 1. The van der Waals surface area contributed by atoms with Gasteiger partial charge in [0, 0.05) is 30.7 Å². The van der Waals surface area contributed by atoms with Crippen molar-refractivity contribution in [2.75, 3.05) is 11.9 Å². The minimum absolute atomic E-state index is 0.110. The molecule has 0 radical (unpaired) electrons. The Bertz CT molecular complexity index is 1220. The van der Waals surface area contributed by atoms with Gasteiger partial charge in [0.15, 0.2) is 0 Å². The SMILES string of the molecule is Cc1ccc(NC(=O)N2CCn3cccc3C2c2cccc(Oc3ccccc3)c2)cc1. The van der Waals surface area contributed by atoms with E-state index in [1.807, 2.05) is 90.7 Å². The molecule has 160 valence electrons. The molecule has 0 bridgehead atoms. The number of para-hydroxylation sites is 1. The molecule has 0 saturated heterocycles. The van der Waals surface area contributed by atoms with E-state index >= 15 is 0 Å². The number of fused-ring (bicyclic) bond motifs is 1. The molecule has 1 aromatic heterocycles. The van der Waals surface area contributed by atoms with E-state index in [1.54, 1.807) is 0 Å². The Hall–Kier alpha value is -3.99. The highest BCUT2D eigenvalue weighted by Crippen LogP contribution is 2.35. The van der Waals surface area contributed by atoms with Crippen LogP contribution in [0.2, 0.25) is 0 Å². The first-order valence-corrected chi connectivity index (χ1v) is 10.8. The predicted molar refractivity (Wildman–Crippen MR) is 126 cm³/mol. The molecule has 5 heteroatoms. The zero-order valence-corrected chi connectivity index (χ0v) is 17.9. The average Bonchev–Trinajstić information content (AvgIpc) is 3.30. The smallest absolute Gasteiger partial charge is 0.322 e. The van der Waals surface area contributed by atoms with E-state index < -0.39 is 0 Å². The number of urea groups is 1. The van der Waals surface area contributed by atoms with E-state index in [9.17, 15) is 4.79 Å². The van der Waals surface area contributed by atoms with Gasteiger partial charge in [0.2, 0.25) is 0 Å². The minimum Gasteiger partial charge on any atom is -0.457 e. The zero-order valence-electron chi connectivity index (χ0n) is 17.9. The Labute approximate surface area is 187 Å². The van der Waals surface area contributed by atoms with Crippen LogP contribution in [0, 0.1) is 6.92 Å². The number of anilines is 1. The van der Waals surface area contributed by atoms with Gasteiger partial charge in [0.05, 0.1) is 6.04 Å². The van der Waals surface area contributed by atoms with Crippen LogP contribution in [0.25, 0.3) is 0 Å². The Morgan fingerprint density at radius 2 is 1.66 bits per heavy atom. The first-order valence-electron chi connectivity index (χ1n) is 10.8. The maximum atomic E-state index is 13.3. The van der Waals surface area contributed by atoms with Gasteiger partial charge in [-0.2, -0.15) is 0 Å². The lowest BCUT2D eigenvalue weighted by Gasteiger charge is -2.37. The van der Waals surface area contributed by atoms with Gasteiger partial charge >= 0.3 is 6.03 Å². The zero-order chi connectivity index (χ0) is 21.9. The van der Waals surface area contributed by atoms with Crippen LogP contribution < -0.4 is 10.1 Å². The maximum absolute atomic E-state index is 13.3. The fraction of sp³-hybridized carbons (Fsp3) is 0.148. The maximum Gasteiger partial charge on any atom is 0.322 e. The molecule has 0 fully saturated rings. The molecule has 4 aromatic rings. The van der Waals surface area contributed by atoms with Gasteiger partial charge in [-0.15, -0.1) is 0 Å². The first-order chi connectivity index (χ1) is 15.7. The van der Waals surface area contributed by atoms with Crippen molar-refractivity contribution >= 4 is 11.7 Å². The van der Waals surface area contributed by atoms with Gasteiger partial charge in [-0.3, -0.25) is 0 Å². The van der Waals surface area contributed by atoms with E-state index in [-0.39, 0.29) is 12.1 Å². The summed E-state index contributed by atoms with van der Waals surface area (Å²) < 4.78 is 8.27. The van der Waals surface area contributed by atoms with Gasteiger partial charge in [-0.05, 0) is 61.0 Å². The molecule has 5 rings (SSSR count). The molecule has 1 atom stereocenters. The summed E-state index contributed by atoms with van der Waals surface area (Å²) in [5.41, 5.74) is 4.05. The normalized spacial score (nSPS) is 15.2. The summed E-state index contributed by atoms with van der Waals surface area (Å²) in [7, 11) is 0. The third-order valence-corrected chi connectivity index (χ3v) is 5.75. The van der Waals surface area contributed by atoms with Gasteiger partial charge in [-0.1, -0.05) is 48.0 Å². The number of nitrogens with zero attached hydrogens (tertiary/aromatic N) is 2. The summed E-state index contributed by atoms with van der Waals surface area (Å²) in [6.45, 7) is 3.42. The van der Waals surface area contributed by atoms with Crippen molar-refractivity contribution in [3.63, 3.8) is 0 Å². The summed E-state index contributed by atoms with van der Waals surface area (Å²) in [6.07, 6.45) is 2.07. The van der Waals surface area contributed by atoms with E-state index in [0.29, 0.717) is 6.54 Å². The number of hydrogen-bond donors (Lipinski definition) is 1. The largest absolute Gasteiger partial charge is 0.457 e. The van der Waals surface area contributed by atoms with Crippen LogP contribution in [0.5, 0.6) is 11.5 Å². The molecule has 0 aliphatic carbocycles. The fourth-order valence-corrected chi connectivity index (χ4v) is 4.16. The monoisotopic (exact) mass is 423 g/mol. The molecule has 3 aromatic carbocycles. The average molecular weight is 424 g/mol. The highest BCUT2D eigenvalue weighted by Gasteiger charge is 2.32. The number of aryl methyl sites for hydroxylation is 1. The lowest BCUT2D eigenvalue weighted by molar-refractivity contribution is 0.181. The van der Waals surface area contributed by atoms with E-state index in [2.05, 4.69) is 28.2 Å². The number of hydrogen-bond acceptors (Lipinski definition) is 2. The minimum atomic E-state index is -0.205. The van der Waals surface area contributed by atoms with Crippen LogP contribution in [-0.4, -0.2) is 22.0 Å². The van der Waals surface area contributed by atoms with Gasteiger partial charge < -0.3 is 19.5 Å². The summed E-state index contributed by atoms with van der Waals surface area (Å²) in [6, 6.07) is 29.4. The Morgan fingerprint density at radius 1 is 0.875 bits per heavy atom. The molecule has 1 N–H and O–H groups in total. The van der Waals surface area contributed by atoms with Crippen LogP contribution in [-0.2, 0) is 6.54 Å². The Balaban J connectivity index is 1.46. The van der Waals surface area contributed by atoms with Crippen molar-refractivity contribution in [2.45, 2.75) is 19.5 Å². The van der Waals surface area contributed by atoms with E-state index in [1.165, 1.54) is 0 Å². The topological polar surface area (TPSA) is 46.5 Å². The molecule has 5 nitrogen and oxygen atoms in total. The van der Waals surface area contributed by atoms with Gasteiger partial charge in [0.25, 0.3) is 0 Å². The highest BCUT2D eigenvalue weighted by molar-refractivity contribution is 5.90. The molecule has 32 heavy (non-hydrogen) atoms. The number of amides is 2. The van der Waals surface area contributed by atoms with Gasteiger partial charge in [-0.25, -0.2) is 4.79 Å². The quantitative estimate of drug-likeness (QED) is 0.423. The number of benzene rings is 3.